The van der Waals surface area contributed by atoms with Gasteiger partial charge < -0.3 is 4.90 Å². The number of benzene rings is 1. The molecule has 5 heteroatoms. The molecule has 23 heavy (non-hydrogen) atoms. The first-order valence-corrected chi connectivity index (χ1v) is 8.28. The van der Waals surface area contributed by atoms with Gasteiger partial charge in [0, 0.05) is 25.8 Å². The molecule has 1 atom stereocenters. The van der Waals surface area contributed by atoms with Crippen LogP contribution < -0.4 is 4.90 Å². The lowest BCUT2D eigenvalue weighted by Gasteiger charge is -2.25. The van der Waals surface area contributed by atoms with Crippen molar-refractivity contribution in [3.05, 3.63) is 48.2 Å². The van der Waals surface area contributed by atoms with Crippen LogP contribution in [0.4, 0.5) is 5.82 Å². The van der Waals surface area contributed by atoms with E-state index in [4.69, 9.17) is 0 Å². The Balaban J connectivity index is 1.57. The van der Waals surface area contributed by atoms with Gasteiger partial charge in [-0.3, -0.25) is 0 Å². The van der Waals surface area contributed by atoms with Crippen LogP contribution in [0.15, 0.2) is 42.6 Å². The first-order valence-electron chi connectivity index (χ1n) is 8.28. The molecule has 5 nitrogen and oxygen atoms in total. The Morgan fingerprint density at radius 3 is 2.91 bits per heavy atom. The van der Waals surface area contributed by atoms with E-state index in [0.717, 1.165) is 36.2 Å². The Morgan fingerprint density at radius 1 is 1.17 bits per heavy atom. The summed E-state index contributed by atoms with van der Waals surface area (Å²) >= 11 is 0. The van der Waals surface area contributed by atoms with Gasteiger partial charge in [0.15, 0.2) is 11.3 Å². The molecule has 0 N–H and O–H groups in total. The zero-order valence-corrected chi connectivity index (χ0v) is 13.4. The number of nitrogens with zero attached hydrogens (tertiary/aromatic N) is 5. The molecule has 1 aromatic carbocycles. The molecule has 0 saturated carbocycles. The van der Waals surface area contributed by atoms with E-state index < -0.39 is 0 Å². The molecule has 1 aliphatic rings. The second kappa shape index (κ2) is 5.99. The summed E-state index contributed by atoms with van der Waals surface area (Å²) in [6.07, 6.45) is 6.58. The van der Waals surface area contributed by atoms with Crippen molar-refractivity contribution in [2.24, 2.45) is 7.05 Å². The minimum absolute atomic E-state index is 0.537. The number of hydrogen-bond acceptors (Lipinski definition) is 4. The molecule has 3 heterocycles. The van der Waals surface area contributed by atoms with Crippen LogP contribution in [0.2, 0.25) is 0 Å². The SMILES string of the molecule is Cn1nnc2c(N3CCCC3CCc3ccccc3)nccc21. The van der Waals surface area contributed by atoms with Gasteiger partial charge in [-0.1, -0.05) is 35.5 Å². The molecular formula is C18H21N5. The molecule has 1 aliphatic heterocycles. The number of aryl methyl sites for hydroxylation is 2. The molecule has 3 aromatic rings. The predicted molar refractivity (Wildman–Crippen MR) is 91.4 cm³/mol. The van der Waals surface area contributed by atoms with Crippen LogP contribution in [-0.2, 0) is 13.5 Å². The van der Waals surface area contributed by atoms with Crippen molar-refractivity contribution in [1.82, 2.24) is 20.0 Å². The van der Waals surface area contributed by atoms with Gasteiger partial charge in [-0.25, -0.2) is 9.67 Å². The van der Waals surface area contributed by atoms with Gasteiger partial charge in [-0.15, -0.1) is 5.10 Å². The first kappa shape index (κ1) is 14.2. The maximum atomic E-state index is 4.62. The zero-order valence-electron chi connectivity index (χ0n) is 13.4. The largest absolute Gasteiger partial charge is 0.352 e. The monoisotopic (exact) mass is 307 g/mol. The van der Waals surface area contributed by atoms with Gasteiger partial charge in [0.05, 0.1) is 5.52 Å². The minimum atomic E-state index is 0.537. The van der Waals surface area contributed by atoms with Crippen molar-refractivity contribution in [3.8, 4) is 0 Å². The minimum Gasteiger partial charge on any atom is -0.352 e. The summed E-state index contributed by atoms with van der Waals surface area (Å²) in [5, 5.41) is 8.47. The lowest BCUT2D eigenvalue weighted by Crippen LogP contribution is -2.30. The zero-order chi connectivity index (χ0) is 15.6. The maximum Gasteiger partial charge on any atom is 0.159 e. The van der Waals surface area contributed by atoms with Crippen molar-refractivity contribution in [2.45, 2.75) is 31.7 Å². The molecule has 0 spiro atoms. The van der Waals surface area contributed by atoms with E-state index in [1.54, 1.807) is 0 Å². The van der Waals surface area contributed by atoms with Crippen LogP contribution in [0, 0.1) is 0 Å². The highest BCUT2D eigenvalue weighted by atomic mass is 15.4. The number of pyridine rings is 1. The van der Waals surface area contributed by atoms with E-state index >= 15 is 0 Å². The van der Waals surface area contributed by atoms with Gasteiger partial charge in [-0.2, -0.15) is 0 Å². The van der Waals surface area contributed by atoms with Gasteiger partial charge in [0.25, 0.3) is 0 Å². The third-order valence-corrected chi connectivity index (χ3v) is 4.77. The van der Waals surface area contributed by atoms with E-state index in [0.29, 0.717) is 6.04 Å². The Morgan fingerprint density at radius 2 is 2.04 bits per heavy atom. The second-order valence-electron chi connectivity index (χ2n) is 6.23. The highest BCUT2D eigenvalue weighted by Crippen LogP contribution is 2.30. The van der Waals surface area contributed by atoms with E-state index in [-0.39, 0.29) is 0 Å². The average molecular weight is 307 g/mol. The summed E-state index contributed by atoms with van der Waals surface area (Å²) in [5.41, 5.74) is 3.37. The summed E-state index contributed by atoms with van der Waals surface area (Å²) in [5.74, 6) is 0.992. The molecule has 2 aromatic heterocycles. The smallest absolute Gasteiger partial charge is 0.159 e. The number of anilines is 1. The maximum absolute atomic E-state index is 4.62. The molecule has 1 saturated heterocycles. The molecule has 0 radical (unpaired) electrons. The van der Waals surface area contributed by atoms with Gasteiger partial charge >= 0.3 is 0 Å². The van der Waals surface area contributed by atoms with Crippen LogP contribution >= 0.6 is 0 Å². The fraction of sp³-hybridized carbons (Fsp3) is 0.389. The normalized spacial score (nSPS) is 18.0. The highest BCUT2D eigenvalue weighted by molar-refractivity contribution is 5.85. The molecule has 1 unspecified atom stereocenters. The third-order valence-electron chi connectivity index (χ3n) is 4.77. The van der Waals surface area contributed by atoms with Crippen LogP contribution in [0.1, 0.15) is 24.8 Å². The summed E-state index contributed by atoms with van der Waals surface area (Å²) in [6.45, 7) is 1.06. The van der Waals surface area contributed by atoms with E-state index in [1.807, 2.05) is 24.0 Å². The third kappa shape index (κ3) is 2.67. The van der Waals surface area contributed by atoms with Crippen molar-refractivity contribution >= 4 is 16.9 Å². The van der Waals surface area contributed by atoms with Crippen LogP contribution in [-0.4, -0.2) is 32.6 Å². The summed E-state index contributed by atoms with van der Waals surface area (Å²) in [4.78, 5) is 7.05. The van der Waals surface area contributed by atoms with Crippen molar-refractivity contribution in [3.63, 3.8) is 0 Å². The Bertz CT molecular complexity index is 796. The summed E-state index contributed by atoms with van der Waals surface area (Å²) < 4.78 is 1.82. The Hall–Kier alpha value is -2.43. The van der Waals surface area contributed by atoms with E-state index in [1.165, 1.54) is 18.4 Å². The molecule has 118 valence electrons. The van der Waals surface area contributed by atoms with Gasteiger partial charge in [0.2, 0.25) is 0 Å². The molecular weight excluding hydrogens is 286 g/mol. The number of hydrogen-bond donors (Lipinski definition) is 0. The van der Waals surface area contributed by atoms with Crippen molar-refractivity contribution in [2.75, 3.05) is 11.4 Å². The highest BCUT2D eigenvalue weighted by Gasteiger charge is 2.27. The van der Waals surface area contributed by atoms with Gasteiger partial charge in [-0.05, 0) is 37.3 Å². The topological polar surface area (TPSA) is 46.8 Å². The average Bonchev–Trinajstić information content (AvgIpc) is 3.21. The number of rotatable bonds is 4. The quantitative estimate of drug-likeness (QED) is 0.743. The van der Waals surface area contributed by atoms with Crippen molar-refractivity contribution < 1.29 is 0 Å². The molecule has 0 bridgehead atoms. The molecule has 1 fully saturated rings. The molecule has 4 rings (SSSR count). The standard InChI is InChI=1S/C18H21N5/c1-22-16-11-12-19-18(17(16)20-21-22)23-13-5-8-15(23)10-9-14-6-3-2-4-7-14/h2-4,6-7,11-12,15H,5,8-10,13H2,1H3. The predicted octanol–water partition coefficient (Wildman–Crippen LogP) is 2.96. The number of fused-ring (bicyclic) bond motifs is 1. The van der Waals surface area contributed by atoms with Crippen molar-refractivity contribution in [1.29, 1.82) is 0 Å². The molecule has 0 amide bonds. The van der Waals surface area contributed by atoms with Crippen LogP contribution in [0.5, 0.6) is 0 Å². The van der Waals surface area contributed by atoms with E-state index in [2.05, 4.69) is 50.5 Å². The Kier molecular flexibility index (Phi) is 3.69. The Labute approximate surface area is 135 Å². The number of aromatic nitrogens is 4. The lowest BCUT2D eigenvalue weighted by molar-refractivity contribution is 0.607. The first-order chi connectivity index (χ1) is 11.3. The second-order valence-corrected chi connectivity index (χ2v) is 6.23. The fourth-order valence-electron chi connectivity index (χ4n) is 3.55. The summed E-state index contributed by atoms with van der Waals surface area (Å²) in [7, 11) is 1.93. The fourth-order valence-corrected chi connectivity index (χ4v) is 3.55. The van der Waals surface area contributed by atoms with Crippen LogP contribution in [0.3, 0.4) is 0 Å². The molecule has 0 aliphatic carbocycles. The lowest BCUT2D eigenvalue weighted by atomic mass is 10.0. The summed E-state index contributed by atoms with van der Waals surface area (Å²) in [6, 6.07) is 13.2. The van der Waals surface area contributed by atoms with Gasteiger partial charge in [0.1, 0.15) is 0 Å². The van der Waals surface area contributed by atoms with Crippen LogP contribution in [0.25, 0.3) is 11.0 Å². The van der Waals surface area contributed by atoms with E-state index in [9.17, 15) is 0 Å².